The smallest absolute Gasteiger partial charge is 0.339 e. The fourth-order valence-corrected chi connectivity index (χ4v) is 1.88. The van der Waals surface area contributed by atoms with E-state index in [0.29, 0.717) is 12.2 Å². The monoisotopic (exact) mass is 222 g/mol. The van der Waals surface area contributed by atoms with Crippen molar-refractivity contribution < 1.29 is 9.90 Å². The fourth-order valence-electron chi connectivity index (χ4n) is 1.88. The van der Waals surface area contributed by atoms with E-state index in [2.05, 4.69) is 14.9 Å². The Morgan fingerprint density at radius 1 is 1.69 bits per heavy atom. The van der Waals surface area contributed by atoms with E-state index in [-0.39, 0.29) is 11.6 Å². The highest BCUT2D eigenvalue weighted by Gasteiger charge is 2.21. The lowest BCUT2D eigenvalue weighted by atomic mass is 10.2. The van der Waals surface area contributed by atoms with Gasteiger partial charge in [-0.3, -0.25) is 4.90 Å². The first kappa shape index (κ1) is 11.0. The summed E-state index contributed by atoms with van der Waals surface area (Å²) >= 11 is 0. The van der Waals surface area contributed by atoms with Gasteiger partial charge in [-0.2, -0.15) is 0 Å². The molecule has 1 unspecified atom stereocenters. The van der Waals surface area contributed by atoms with Crippen molar-refractivity contribution in [2.24, 2.45) is 5.73 Å². The van der Waals surface area contributed by atoms with Crippen molar-refractivity contribution in [1.29, 1.82) is 0 Å². The van der Waals surface area contributed by atoms with Crippen LogP contribution < -0.4 is 5.73 Å². The van der Waals surface area contributed by atoms with E-state index < -0.39 is 5.97 Å². The van der Waals surface area contributed by atoms with Crippen molar-refractivity contribution in [3.63, 3.8) is 0 Å². The maximum atomic E-state index is 10.9. The molecule has 6 heteroatoms. The van der Waals surface area contributed by atoms with Gasteiger partial charge in [0.1, 0.15) is 11.9 Å². The van der Waals surface area contributed by atoms with Gasteiger partial charge >= 0.3 is 5.97 Å². The zero-order valence-electron chi connectivity index (χ0n) is 8.83. The average Bonchev–Trinajstić information content (AvgIpc) is 2.64. The molecule has 0 bridgehead atoms. The SMILES string of the molecule is NC1CCN(Cc2ncncc2C(=O)O)C1. The molecule has 16 heavy (non-hydrogen) atoms. The summed E-state index contributed by atoms with van der Waals surface area (Å²) in [5.74, 6) is -0.987. The van der Waals surface area contributed by atoms with E-state index >= 15 is 0 Å². The lowest BCUT2D eigenvalue weighted by Gasteiger charge is -2.15. The van der Waals surface area contributed by atoms with Crippen molar-refractivity contribution in [3.05, 3.63) is 23.8 Å². The van der Waals surface area contributed by atoms with Crippen molar-refractivity contribution in [3.8, 4) is 0 Å². The van der Waals surface area contributed by atoms with Crippen molar-refractivity contribution in [1.82, 2.24) is 14.9 Å². The topological polar surface area (TPSA) is 92.3 Å². The van der Waals surface area contributed by atoms with E-state index in [0.717, 1.165) is 19.5 Å². The van der Waals surface area contributed by atoms with Crippen LogP contribution in [0.2, 0.25) is 0 Å². The zero-order chi connectivity index (χ0) is 11.5. The molecule has 1 aromatic rings. The summed E-state index contributed by atoms with van der Waals surface area (Å²) in [4.78, 5) is 20.8. The molecule has 0 saturated carbocycles. The standard InChI is InChI=1S/C10H14N4O2/c11-7-1-2-14(4-7)5-9-8(10(15)16)3-12-6-13-9/h3,6-7H,1-2,4-5,11H2,(H,15,16). The highest BCUT2D eigenvalue weighted by molar-refractivity contribution is 5.88. The van der Waals surface area contributed by atoms with Crippen LogP contribution in [0.5, 0.6) is 0 Å². The third kappa shape index (κ3) is 2.34. The molecule has 3 N–H and O–H groups in total. The van der Waals surface area contributed by atoms with Crippen molar-refractivity contribution >= 4 is 5.97 Å². The summed E-state index contributed by atoms with van der Waals surface area (Å²) in [6, 6.07) is 0.190. The predicted molar refractivity (Wildman–Crippen MR) is 56.9 cm³/mol. The number of hydrogen-bond acceptors (Lipinski definition) is 5. The number of carbonyl (C=O) groups is 1. The molecular weight excluding hydrogens is 208 g/mol. The summed E-state index contributed by atoms with van der Waals surface area (Å²) in [5.41, 5.74) is 6.51. The Labute approximate surface area is 93.1 Å². The first-order valence-corrected chi connectivity index (χ1v) is 5.17. The Kier molecular flexibility index (Phi) is 3.12. The van der Waals surface area contributed by atoms with Crippen LogP contribution >= 0.6 is 0 Å². The van der Waals surface area contributed by atoms with E-state index in [1.54, 1.807) is 0 Å². The number of carboxylic acid groups (broad SMARTS) is 1. The number of nitrogens with two attached hydrogens (primary N) is 1. The number of nitrogens with zero attached hydrogens (tertiary/aromatic N) is 3. The molecule has 0 aliphatic carbocycles. The lowest BCUT2D eigenvalue weighted by molar-refractivity contribution is 0.0693. The Bertz CT molecular complexity index is 396. The zero-order valence-corrected chi connectivity index (χ0v) is 8.83. The molecule has 1 aromatic heterocycles. The molecule has 1 fully saturated rings. The maximum Gasteiger partial charge on any atom is 0.339 e. The van der Waals surface area contributed by atoms with Crippen LogP contribution in [-0.2, 0) is 6.54 Å². The highest BCUT2D eigenvalue weighted by Crippen LogP contribution is 2.13. The Balaban J connectivity index is 2.12. The van der Waals surface area contributed by atoms with Crippen LogP contribution in [0.25, 0.3) is 0 Å². The number of likely N-dealkylation sites (tertiary alicyclic amines) is 1. The van der Waals surface area contributed by atoms with Gasteiger partial charge in [0.2, 0.25) is 0 Å². The summed E-state index contributed by atoms with van der Waals surface area (Å²) < 4.78 is 0. The van der Waals surface area contributed by atoms with Gasteiger partial charge < -0.3 is 10.8 Å². The van der Waals surface area contributed by atoms with Crippen LogP contribution in [0, 0.1) is 0 Å². The molecule has 2 heterocycles. The van der Waals surface area contributed by atoms with Gasteiger partial charge in [0, 0.05) is 31.9 Å². The summed E-state index contributed by atoms with van der Waals surface area (Å²) in [5, 5.41) is 8.97. The molecule has 2 rings (SSSR count). The predicted octanol–water partition coefficient (Wildman–Crippen LogP) is -0.292. The minimum atomic E-state index is -0.987. The van der Waals surface area contributed by atoms with E-state index in [9.17, 15) is 4.79 Å². The summed E-state index contributed by atoms with van der Waals surface area (Å²) in [6.45, 7) is 2.21. The van der Waals surface area contributed by atoms with Gasteiger partial charge in [0.15, 0.2) is 0 Å². The minimum absolute atomic E-state index is 0.169. The van der Waals surface area contributed by atoms with E-state index in [1.165, 1.54) is 12.5 Å². The molecule has 86 valence electrons. The molecule has 1 aliphatic rings. The van der Waals surface area contributed by atoms with Gasteiger partial charge in [-0.25, -0.2) is 14.8 Å². The number of rotatable bonds is 3. The Morgan fingerprint density at radius 2 is 2.50 bits per heavy atom. The van der Waals surface area contributed by atoms with Crippen molar-refractivity contribution in [2.45, 2.75) is 19.0 Å². The molecule has 1 atom stereocenters. The largest absolute Gasteiger partial charge is 0.478 e. The van der Waals surface area contributed by atoms with Crippen molar-refractivity contribution in [2.75, 3.05) is 13.1 Å². The second-order valence-corrected chi connectivity index (χ2v) is 3.97. The Morgan fingerprint density at radius 3 is 3.12 bits per heavy atom. The first-order valence-electron chi connectivity index (χ1n) is 5.17. The number of hydrogen-bond donors (Lipinski definition) is 2. The van der Waals surface area contributed by atoms with Gasteiger partial charge in [0.05, 0.1) is 5.69 Å². The Hall–Kier alpha value is -1.53. The molecule has 0 spiro atoms. The quantitative estimate of drug-likeness (QED) is 0.730. The van der Waals surface area contributed by atoms with Crippen LogP contribution in [0.1, 0.15) is 22.5 Å². The second-order valence-electron chi connectivity index (χ2n) is 3.97. The van der Waals surface area contributed by atoms with Crippen LogP contribution in [0.15, 0.2) is 12.5 Å². The van der Waals surface area contributed by atoms with E-state index in [4.69, 9.17) is 10.8 Å². The fraction of sp³-hybridized carbons (Fsp3) is 0.500. The van der Waals surface area contributed by atoms with Gasteiger partial charge in [-0.1, -0.05) is 0 Å². The normalized spacial score (nSPS) is 21.2. The molecule has 6 nitrogen and oxygen atoms in total. The maximum absolute atomic E-state index is 10.9. The minimum Gasteiger partial charge on any atom is -0.478 e. The third-order valence-electron chi connectivity index (χ3n) is 2.71. The molecule has 0 aromatic carbocycles. The summed E-state index contributed by atoms with van der Waals surface area (Å²) in [7, 11) is 0. The summed E-state index contributed by atoms with van der Waals surface area (Å²) in [6.07, 6.45) is 3.66. The lowest BCUT2D eigenvalue weighted by Crippen LogP contribution is -2.27. The number of aromatic carboxylic acids is 1. The molecule has 0 amide bonds. The molecular formula is C10H14N4O2. The van der Waals surface area contributed by atoms with Crippen LogP contribution in [-0.4, -0.2) is 45.1 Å². The molecule has 1 aliphatic heterocycles. The molecule has 0 radical (unpaired) electrons. The van der Waals surface area contributed by atoms with Gasteiger partial charge in [0.25, 0.3) is 0 Å². The van der Waals surface area contributed by atoms with Crippen LogP contribution in [0.3, 0.4) is 0 Å². The average molecular weight is 222 g/mol. The number of aromatic nitrogens is 2. The number of carboxylic acids is 1. The van der Waals surface area contributed by atoms with Gasteiger partial charge in [-0.15, -0.1) is 0 Å². The van der Waals surface area contributed by atoms with Gasteiger partial charge in [-0.05, 0) is 6.42 Å². The van der Waals surface area contributed by atoms with E-state index in [1.807, 2.05) is 0 Å². The van der Waals surface area contributed by atoms with Crippen LogP contribution in [0.4, 0.5) is 0 Å². The highest BCUT2D eigenvalue weighted by atomic mass is 16.4. The first-order chi connectivity index (χ1) is 7.66. The second kappa shape index (κ2) is 4.54. The third-order valence-corrected chi connectivity index (χ3v) is 2.71. The molecule has 1 saturated heterocycles.